The molecule has 0 radical (unpaired) electrons. The number of aliphatic hydroxyl groups excluding tert-OH is 3. The topological polar surface area (TPSA) is 157 Å². The highest BCUT2D eigenvalue weighted by atomic mass is 32.1. The van der Waals surface area contributed by atoms with Crippen LogP contribution in [0.2, 0.25) is 0 Å². The van der Waals surface area contributed by atoms with Crippen LogP contribution < -0.4 is 20.9 Å². The third-order valence-corrected chi connectivity index (χ3v) is 7.83. The van der Waals surface area contributed by atoms with E-state index in [9.17, 15) is 20.1 Å². The summed E-state index contributed by atoms with van der Waals surface area (Å²) in [5.41, 5.74) is 6.11. The molecule has 1 amide bonds. The monoisotopic (exact) mass is 502 g/mol. The van der Waals surface area contributed by atoms with Crippen molar-refractivity contribution in [1.82, 2.24) is 9.97 Å². The molecule has 4 heterocycles. The van der Waals surface area contributed by atoms with Crippen molar-refractivity contribution in [3.8, 4) is 0 Å². The lowest BCUT2D eigenvalue weighted by Gasteiger charge is -2.30. The number of hydrogen-bond acceptors (Lipinski definition) is 11. The number of aliphatic hydroxyl groups is 3. The first-order valence-corrected chi connectivity index (χ1v) is 12.6. The SMILES string of the molecule is NC(=O)CCN1CN([C@@H]2O[C@H](CO)C(O)C2O)c2ncnc(NC3CC=CCC3c3cccs3)c21. The lowest BCUT2D eigenvalue weighted by molar-refractivity contribution is -0.117. The van der Waals surface area contributed by atoms with Crippen LogP contribution in [-0.2, 0) is 9.53 Å². The number of nitrogens with two attached hydrogens (primary N) is 1. The van der Waals surface area contributed by atoms with Crippen LogP contribution in [0.3, 0.4) is 0 Å². The van der Waals surface area contributed by atoms with Crippen molar-refractivity contribution in [3.63, 3.8) is 0 Å². The summed E-state index contributed by atoms with van der Waals surface area (Å²) in [6.07, 6.45) is 3.41. The number of nitrogens with zero attached hydrogens (tertiary/aromatic N) is 4. The van der Waals surface area contributed by atoms with E-state index < -0.39 is 37.1 Å². The van der Waals surface area contributed by atoms with Gasteiger partial charge in [-0.15, -0.1) is 11.3 Å². The third kappa shape index (κ3) is 4.59. The number of aromatic nitrogens is 2. The van der Waals surface area contributed by atoms with Gasteiger partial charge in [-0.2, -0.15) is 0 Å². The van der Waals surface area contributed by atoms with Gasteiger partial charge in [0, 0.05) is 29.8 Å². The van der Waals surface area contributed by atoms with Gasteiger partial charge in [0.2, 0.25) is 5.91 Å². The molecule has 6 atom stereocenters. The number of thiophene rings is 1. The molecule has 2 aliphatic heterocycles. The molecule has 188 valence electrons. The molecule has 0 bridgehead atoms. The predicted octanol–water partition coefficient (Wildman–Crippen LogP) is 0.351. The van der Waals surface area contributed by atoms with Gasteiger partial charge in [0.25, 0.3) is 0 Å². The van der Waals surface area contributed by atoms with Crippen LogP contribution in [0.25, 0.3) is 0 Å². The van der Waals surface area contributed by atoms with Crippen molar-refractivity contribution in [2.24, 2.45) is 5.73 Å². The summed E-state index contributed by atoms with van der Waals surface area (Å²) in [5, 5.41) is 36.1. The zero-order valence-corrected chi connectivity index (χ0v) is 19.9. The number of fused-ring (bicyclic) bond motifs is 1. The Morgan fingerprint density at radius 2 is 2.09 bits per heavy atom. The Hall–Kier alpha value is -2.77. The molecular weight excluding hydrogens is 472 g/mol. The van der Waals surface area contributed by atoms with E-state index in [0.717, 1.165) is 12.8 Å². The second-order valence-corrected chi connectivity index (χ2v) is 10.0. The summed E-state index contributed by atoms with van der Waals surface area (Å²) >= 11 is 1.74. The maximum absolute atomic E-state index is 11.6. The Bertz CT molecular complexity index is 1070. The number of hydrogen-bond donors (Lipinski definition) is 5. The Kier molecular flexibility index (Phi) is 6.89. The van der Waals surface area contributed by atoms with Gasteiger partial charge in [-0.3, -0.25) is 4.79 Å². The average molecular weight is 503 g/mol. The number of carbonyl (C=O) groups excluding carboxylic acids is 1. The number of nitrogens with one attached hydrogen (secondary N) is 1. The van der Waals surface area contributed by atoms with E-state index in [1.54, 1.807) is 16.2 Å². The maximum atomic E-state index is 11.6. The van der Waals surface area contributed by atoms with Gasteiger partial charge in [-0.25, -0.2) is 9.97 Å². The molecule has 2 aromatic rings. The molecule has 1 fully saturated rings. The van der Waals surface area contributed by atoms with E-state index in [1.807, 2.05) is 4.90 Å². The number of allylic oxidation sites excluding steroid dienone is 1. The highest BCUT2D eigenvalue weighted by molar-refractivity contribution is 7.10. The quantitative estimate of drug-likeness (QED) is 0.319. The van der Waals surface area contributed by atoms with Crippen LogP contribution >= 0.6 is 11.3 Å². The van der Waals surface area contributed by atoms with E-state index in [0.29, 0.717) is 29.8 Å². The summed E-state index contributed by atoms with van der Waals surface area (Å²) in [7, 11) is 0. The zero-order valence-electron chi connectivity index (χ0n) is 19.1. The van der Waals surface area contributed by atoms with E-state index in [4.69, 9.17) is 10.5 Å². The molecule has 0 spiro atoms. The van der Waals surface area contributed by atoms with Crippen molar-refractivity contribution >= 4 is 34.6 Å². The molecule has 5 rings (SSSR count). The molecule has 0 aromatic carbocycles. The van der Waals surface area contributed by atoms with E-state index in [1.165, 1.54) is 11.2 Å². The Labute approximate surface area is 206 Å². The summed E-state index contributed by atoms with van der Waals surface area (Å²) < 4.78 is 5.77. The summed E-state index contributed by atoms with van der Waals surface area (Å²) in [6, 6.07) is 4.32. The van der Waals surface area contributed by atoms with Gasteiger partial charge in [0.15, 0.2) is 17.9 Å². The summed E-state index contributed by atoms with van der Waals surface area (Å²) in [4.78, 5) is 25.5. The minimum absolute atomic E-state index is 0.110. The van der Waals surface area contributed by atoms with Crippen molar-refractivity contribution < 1.29 is 24.9 Å². The van der Waals surface area contributed by atoms with Crippen molar-refractivity contribution in [1.29, 1.82) is 0 Å². The number of carbonyl (C=O) groups is 1. The molecule has 0 saturated carbocycles. The van der Waals surface area contributed by atoms with Crippen LogP contribution in [0.1, 0.15) is 30.1 Å². The van der Waals surface area contributed by atoms with Gasteiger partial charge < -0.3 is 40.9 Å². The second-order valence-electron chi connectivity index (χ2n) is 9.03. The van der Waals surface area contributed by atoms with Crippen LogP contribution in [0.4, 0.5) is 17.3 Å². The van der Waals surface area contributed by atoms with E-state index in [2.05, 4.69) is 44.9 Å². The largest absolute Gasteiger partial charge is 0.394 e. The second kappa shape index (κ2) is 10.1. The Morgan fingerprint density at radius 1 is 1.26 bits per heavy atom. The Balaban J connectivity index is 1.47. The Morgan fingerprint density at radius 3 is 2.80 bits per heavy atom. The lowest BCUT2D eigenvalue weighted by Crippen LogP contribution is -2.46. The third-order valence-electron chi connectivity index (χ3n) is 6.83. The number of rotatable bonds is 8. The fourth-order valence-electron chi connectivity index (χ4n) is 5.03. The van der Waals surface area contributed by atoms with E-state index in [-0.39, 0.29) is 19.1 Å². The first kappa shape index (κ1) is 23.9. The zero-order chi connectivity index (χ0) is 24.5. The number of anilines is 3. The molecule has 12 heteroatoms. The molecule has 35 heavy (non-hydrogen) atoms. The standard InChI is InChI=1S/C23H30N6O5S/c24-17(31)7-8-28-12-29(23-20(33)19(32)15(10-30)34-23)22-18(28)21(25-11-26-22)27-14-5-2-1-4-13(14)16-6-3-9-35-16/h1-3,6,9,11,13-15,19-20,23,30,32-33H,4-5,7-8,10,12H2,(H2,24,31)(H,25,26,27)/t13?,14?,15-,19?,20?,23-/m1/s1. The summed E-state index contributed by atoms with van der Waals surface area (Å²) in [5.74, 6) is 0.999. The van der Waals surface area contributed by atoms with Crippen LogP contribution in [-0.4, -0.2) is 81.6 Å². The molecule has 11 nitrogen and oxygen atoms in total. The molecule has 1 aliphatic carbocycles. The number of ether oxygens (including phenoxy) is 1. The maximum Gasteiger partial charge on any atom is 0.219 e. The average Bonchev–Trinajstić information content (AvgIpc) is 3.58. The number of primary amides is 1. The fourth-order valence-corrected chi connectivity index (χ4v) is 5.94. The van der Waals surface area contributed by atoms with Crippen LogP contribution in [0, 0.1) is 0 Å². The van der Waals surface area contributed by atoms with Crippen molar-refractivity contribution in [2.45, 2.75) is 55.8 Å². The minimum atomic E-state index is -1.24. The molecule has 6 N–H and O–H groups in total. The first-order chi connectivity index (χ1) is 17.0. The van der Waals surface area contributed by atoms with Crippen molar-refractivity contribution in [3.05, 3.63) is 40.9 Å². The van der Waals surface area contributed by atoms with E-state index >= 15 is 0 Å². The van der Waals surface area contributed by atoms with Gasteiger partial charge in [0.1, 0.15) is 30.3 Å². The molecule has 2 aromatic heterocycles. The fraction of sp³-hybridized carbons (Fsp3) is 0.522. The van der Waals surface area contributed by atoms with Crippen molar-refractivity contribution in [2.75, 3.05) is 34.9 Å². The smallest absolute Gasteiger partial charge is 0.219 e. The van der Waals surface area contributed by atoms with Crippen LogP contribution in [0.5, 0.6) is 0 Å². The molecule has 4 unspecified atom stereocenters. The lowest BCUT2D eigenvalue weighted by atomic mass is 9.87. The first-order valence-electron chi connectivity index (χ1n) is 11.7. The number of amides is 1. The summed E-state index contributed by atoms with van der Waals surface area (Å²) in [6.45, 7) is 0.160. The molecular formula is C23H30N6O5S. The van der Waals surface area contributed by atoms with Gasteiger partial charge in [-0.1, -0.05) is 18.2 Å². The predicted molar refractivity (Wildman–Crippen MR) is 131 cm³/mol. The van der Waals surface area contributed by atoms with Gasteiger partial charge >= 0.3 is 0 Å². The van der Waals surface area contributed by atoms with Gasteiger partial charge in [0.05, 0.1) is 13.3 Å². The minimum Gasteiger partial charge on any atom is -0.394 e. The molecule has 3 aliphatic rings. The molecule has 1 saturated heterocycles. The highest BCUT2D eigenvalue weighted by Gasteiger charge is 2.48. The van der Waals surface area contributed by atoms with Crippen LogP contribution in [0.15, 0.2) is 36.0 Å². The van der Waals surface area contributed by atoms with Gasteiger partial charge in [-0.05, 0) is 24.3 Å². The highest BCUT2D eigenvalue weighted by Crippen LogP contribution is 2.43. The normalized spacial score (nSPS) is 30.0.